The number of hydrogen-bond donors (Lipinski definition) is 0. The molecular formula is C84H54N2O2. The maximum atomic E-state index is 7.09. The Kier molecular flexibility index (Phi) is 12.2. The first kappa shape index (κ1) is 50.8. The Balaban J connectivity index is 0.731. The SMILES string of the molecule is c1ccc(-c2ccccc2-c2cccc(-c3ccc(-c4ccccc4-c4ccccc4Oc4ccc5c(c4)c4cc(-c6ccc7c(c6)c6cc(-c8ccc9oc%10ccccc%10c9c8)ccc6n7-c6ccccc6)ccc4n5-c4ccccc4)cc3)c2)cc1. The molecule has 17 aromatic rings. The Hall–Kier alpha value is -11.7. The average Bonchev–Trinajstić information content (AvgIpc) is 2.27. The lowest BCUT2D eigenvalue weighted by molar-refractivity contribution is 0.485. The van der Waals surface area contributed by atoms with Crippen LogP contribution in [0.4, 0.5) is 0 Å². The van der Waals surface area contributed by atoms with Crippen molar-refractivity contribution in [1.29, 1.82) is 0 Å². The molecule has 3 aromatic heterocycles. The van der Waals surface area contributed by atoms with Crippen LogP contribution in [0.15, 0.2) is 332 Å². The summed E-state index contributed by atoms with van der Waals surface area (Å²) in [5, 5.41) is 6.88. The van der Waals surface area contributed by atoms with Crippen molar-refractivity contribution >= 4 is 65.6 Å². The normalized spacial score (nSPS) is 11.6. The molecule has 0 unspecified atom stereocenters. The molecule has 88 heavy (non-hydrogen) atoms. The number of rotatable bonds is 11. The number of fused-ring (bicyclic) bond motifs is 9. The van der Waals surface area contributed by atoms with Gasteiger partial charge in [-0.3, -0.25) is 0 Å². The van der Waals surface area contributed by atoms with Crippen molar-refractivity contribution in [1.82, 2.24) is 9.13 Å². The smallest absolute Gasteiger partial charge is 0.135 e. The molecule has 3 heterocycles. The third-order valence-corrected chi connectivity index (χ3v) is 17.6. The number of hydrogen-bond acceptors (Lipinski definition) is 2. The lowest BCUT2D eigenvalue weighted by Gasteiger charge is -2.16. The molecule has 17 rings (SSSR count). The van der Waals surface area contributed by atoms with Gasteiger partial charge in [0.1, 0.15) is 22.7 Å². The highest BCUT2D eigenvalue weighted by atomic mass is 16.5. The minimum Gasteiger partial charge on any atom is -0.457 e. The summed E-state index contributed by atoms with van der Waals surface area (Å²) >= 11 is 0. The van der Waals surface area contributed by atoms with Crippen LogP contribution in [-0.4, -0.2) is 9.13 Å². The summed E-state index contributed by atoms with van der Waals surface area (Å²) in [7, 11) is 0. The van der Waals surface area contributed by atoms with Crippen LogP contribution >= 0.6 is 0 Å². The Bertz CT molecular complexity index is 5520. The number of ether oxygens (including phenoxy) is 1. The minimum absolute atomic E-state index is 0.763. The highest BCUT2D eigenvalue weighted by molar-refractivity contribution is 6.14. The van der Waals surface area contributed by atoms with Gasteiger partial charge in [0, 0.05) is 49.3 Å². The Morgan fingerprint density at radius 3 is 1.22 bits per heavy atom. The standard InChI is InChI=1S/C84H54N2O2/c1-4-19-56(20-5-1)67-27-10-11-29-69(67)63-22-18-21-58(49-63)55-35-37-57(38-36-55)68-28-12-13-30-70(68)71-31-14-16-33-82(71)87-66-43-47-81-76(54-66)75-52-60(40-46-80(75)86(81)65-25-8-3-9-26-65)59-39-44-78-73(50-59)74-51-61(41-45-79(74)85(78)64-23-6-2-7-24-64)62-42-48-84-77(53-62)72-32-15-17-34-83(72)88-84/h1-54H. The van der Waals surface area contributed by atoms with Crippen LogP contribution in [0.5, 0.6) is 11.5 Å². The maximum absolute atomic E-state index is 7.09. The van der Waals surface area contributed by atoms with Crippen molar-refractivity contribution in [3.05, 3.63) is 328 Å². The summed E-state index contributed by atoms with van der Waals surface area (Å²) in [5.74, 6) is 1.55. The van der Waals surface area contributed by atoms with Crippen LogP contribution in [0, 0.1) is 0 Å². The first-order chi connectivity index (χ1) is 43.6. The Morgan fingerprint density at radius 2 is 0.602 bits per heavy atom. The molecular weight excluding hydrogens is 1070 g/mol. The first-order valence-electron chi connectivity index (χ1n) is 30.0. The number of benzene rings is 14. The highest BCUT2D eigenvalue weighted by Gasteiger charge is 2.20. The van der Waals surface area contributed by atoms with E-state index >= 15 is 0 Å². The largest absolute Gasteiger partial charge is 0.457 e. The summed E-state index contributed by atoms with van der Waals surface area (Å²) in [6, 6.07) is 118. The van der Waals surface area contributed by atoms with Crippen LogP contribution < -0.4 is 4.74 Å². The predicted molar refractivity (Wildman–Crippen MR) is 367 cm³/mol. The van der Waals surface area contributed by atoms with E-state index in [0.29, 0.717) is 0 Å². The molecule has 0 amide bonds. The first-order valence-corrected chi connectivity index (χ1v) is 30.0. The molecule has 0 aliphatic rings. The van der Waals surface area contributed by atoms with Gasteiger partial charge in [-0.2, -0.15) is 0 Å². The third kappa shape index (κ3) is 8.77. The van der Waals surface area contributed by atoms with Crippen LogP contribution in [0.1, 0.15) is 0 Å². The van der Waals surface area contributed by atoms with Gasteiger partial charge < -0.3 is 18.3 Å². The molecule has 0 aliphatic heterocycles. The van der Waals surface area contributed by atoms with Gasteiger partial charge in [0.05, 0.1) is 22.1 Å². The number of nitrogens with zero attached hydrogens (tertiary/aromatic N) is 2. The molecule has 0 aliphatic carbocycles. The summed E-state index contributed by atoms with van der Waals surface area (Å²) in [4.78, 5) is 0. The zero-order valence-corrected chi connectivity index (χ0v) is 47.9. The second-order valence-electron chi connectivity index (χ2n) is 22.7. The Labute approximate surface area is 509 Å². The van der Waals surface area contributed by atoms with E-state index in [0.717, 1.165) is 128 Å². The van der Waals surface area contributed by atoms with Crippen molar-refractivity contribution < 1.29 is 9.15 Å². The van der Waals surface area contributed by atoms with Gasteiger partial charge in [-0.1, -0.05) is 218 Å². The Morgan fingerprint density at radius 1 is 0.216 bits per heavy atom. The highest BCUT2D eigenvalue weighted by Crippen LogP contribution is 2.44. The summed E-state index contributed by atoms with van der Waals surface area (Å²) in [6.45, 7) is 0. The average molecular weight is 1120 g/mol. The van der Waals surface area contributed by atoms with Crippen LogP contribution in [0.25, 0.3) is 155 Å². The van der Waals surface area contributed by atoms with Gasteiger partial charge in [0.15, 0.2) is 0 Å². The molecule has 0 N–H and O–H groups in total. The molecule has 0 bridgehead atoms. The molecule has 14 aromatic carbocycles. The fraction of sp³-hybridized carbons (Fsp3) is 0. The van der Waals surface area contributed by atoms with E-state index in [1.165, 1.54) is 38.6 Å². The van der Waals surface area contributed by atoms with Crippen LogP contribution in [0.2, 0.25) is 0 Å². The molecule has 0 saturated heterocycles. The number of furan rings is 1. The van der Waals surface area contributed by atoms with E-state index in [2.05, 4.69) is 325 Å². The lowest BCUT2D eigenvalue weighted by Crippen LogP contribution is -1.93. The van der Waals surface area contributed by atoms with Crippen molar-refractivity contribution in [2.24, 2.45) is 0 Å². The summed E-state index contributed by atoms with van der Waals surface area (Å²) in [6.07, 6.45) is 0. The van der Waals surface area contributed by atoms with E-state index in [4.69, 9.17) is 9.15 Å². The maximum Gasteiger partial charge on any atom is 0.135 e. The number of aromatic nitrogens is 2. The minimum atomic E-state index is 0.763. The zero-order valence-electron chi connectivity index (χ0n) is 47.9. The van der Waals surface area contributed by atoms with Gasteiger partial charge in [-0.25, -0.2) is 0 Å². The van der Waals surface area contributed by atoms with Crippen molar-refractivity contribution in [3.8, 4) is 101 Å². The van der Waals surface area contributed by atoms with Gasteiger partial charge in [-0.05, 0) is 182 Å². The van der Waals surface area contributed by atoms with Crippen molar-refractivity contribution in [2.75, 3.05) is 0 Å². The lowest BCUT2D eigenvalue weighted by atomic mass is 9.91. The van der Waals surface area contributed by atoms with Gasteiger partial charge >= 0.3 is 0 Å². The third-order valence-electron chi connectivity index (χ3n) is 17.6. The van der Waals surface area contributed by atoms with E-state index in [1.54, 1.807) is 0 Å². The molecule has 4 heteroatoms. The molecule has 0 atom stereocenters. The van der Waals surface area contributed by atoms with Crippen LogP contribution in [-0.2, 0) is 0 Å². The summed E-state index contributed by atoms with van der Waals surface area (Å²) in [5.41, 5.74) is 24.7. The van der Waals surface area contributed by atoms with E-state index in [-0.39, 0.29) is 0 Å². The van der Waals surface area contributed by atoms with Crippen molar-refractivity contribution in [3.63, 3.8) is 0 Å². The monoisotopic (exact) mass is 1120 g/mol. The second kappa shape index (κ2) is 21.1. The zero-order chi connectivity index (χ0) is 58.1. The van der Waals surface area contributed by atoms with E-state index in [1.807, 2.05) is 12.1 Å². The molecule has 412 valence electrons. The topological polar surface area (TPSA) is 32.2 Å². The molecule has 0 fully saturated rings. The number of para-hydroxylation sites is 4. The fourth-order valence-electron chi connectivity index (χ4n) is 13.4. The molecule has 0 radical (unpaired) electrons. The molecule has 0 saturated carbocycles. The molecule has 0 spiro atoms. The van der Waals surface area contributed by atoms with E-state index in [9.17, 15) is 0 Å². The quantitative estimate of drug-likeness (QED) is 0.129. The fourth-order valence-corrected chi connectivity index (χ4v) is 13.4. The van der Waals surface area contributed by atoms with Gasteiger partial charge in [0.2, 0.25) is 0 Å². The van der Waals surface area contributed by atoms with E-state index < -0.39 is 0 Å². The summed E-state index contributed by atoms with van der Waals surface area (Å²) < 4.78 is 18.1. The van der Waals surface area contributed by atoms with Gasteiger partial charge in [0.25, 0.3) is 0 Å². The van der Waals surface area contributed by atoms with Crippen LogP contribution in [0.3, 0.4) is 0 Å². The molecule has 4 nitrogen and oxygen atoms in total. The second-order valence-corrected chi connectivity index (χ2v) is 22.7. The van der Waals surface area contributed by atoms with Crippen molar-refractivity contribution in [2.45, 2.75) is 0 Å². The van der Waals surface area contributed by atoms with Gasteiger partial charge in [-0.15, -0.1) is 0 Å². The predicted octanol–water partition coefficient (Wildman–Crippen LogP) is 23.2.